The van der Waals surface area contributed by atoms with Crippen LogP contribution in [0.3, 0.4) is 0 Å². The normalized spacial score (nSPS) is 14.7. The van der Waals surface area contributed by atoms with E-state index in [1.54, 1.807) is 12.1 Å². The molecule has 0 aromatic heterocycles. The van der Waals surface area contributed by atoms with Gasteiger partial charge in [0.05, 0.1) is 12.7 Å². The summed E-state index contributed by atoms with van der Waals surface area (Å²) in [4.78, 5) is 12.3. The van der Waals surface area contributed by atoms with E-state index in [4.69, 9.17) is 4.74 Å². The van der Waals surface area contributed by atoms with Crippen LogP contribution in [0.5, 0.6) is 5.75 Å². The fourth-order valence-electron chi connectivity index (χ4n) is 5.14. The highest BCUT2D eigenvalue weighted by Crippen LogP contribution is 2.22. The molecule has 2 amide bonds. The van der Waals surface area contributed by atoms with Crippen molar-refractivity contribution in [2.75, 3.05) is 31.6 Å². The molecular formula is C32H49N3O5. The molecule has 2 aromatic carbocycles. The molecule has 8 heteroatoms. The highest BCUT2D eigenvalue weighted by Gasteiger charge is 2.15. The highest BCUT2D eigenvalue weighted by molar-refractivity contribution is 5.89. The van der Waals surface area contributed by atoms with Gasteiger partial charge in [0, 0.05) is 37.1 Å². The first kappa shape index (κ1) is 31.9. The van der Waals surface area contributed by atoms with Crippen molar-refractivity contribution in [3.05, 3.63) is 59.2 Å². The van der Waals surface area contributed by atoms with Crippen molar-refractivity contribution in [2.24, 2.45) is 0 Å². The van der Waals surface area contributed by atoms with E-state index in [0.29, 0.717) is 23.7 Å². The molecule has 0 aliphatic heterocycles. The first-order chi connectivity index (χ1) is 19.5. The van der Waals surface area contributed by atoms with E-state index in [1.807, 2.05) is 12.1 Å². The fourth-order valence-corrected chi connectivity index (χ4v) is 5.14. The van der Waals surface area contributed by atoms with E-state index in [9.17, 15) is 20.1 Å². The van der Waals surface area contributed by atoms with Gasteiger partial charge in [-0.25, -0.2) is 4.79 Å². The van der Waals surface area contributed by atoms with Gasteiger partial charge in [0.15, 0.2) is 0 Å². The lowest BCUT2D eigenvalue weighted by molar-refractivity contribution is 0.126. The summed E-state index contributed by atoms with van der Waals surface area (Å²) in [7, 11) is 0. The second-order valence-corrected chi connectivity index (χ2v) is 10.9. The molecular weight excluding hydrogens is 506 g/mol. The number of aliphatic hydroxyl groups excluding tert-OH is 2. The molecule has 0 heterocycles. The van der Waals surface area contributed by atoms with Crippen LogP contribution in [0.4, 0.5) is 10.5 Å². The Morgan fingerprint density at radius 1 is 0.950 bits per heavy atom. The molecule has 1 saturated carbocycles. The molecule has 0 radical (unpaired) electrons. The average molecular weight is 556 g/mol. The lowest BCUT2D eigenvalue weighted by atomic mass is 9.96. The largest absolute Gasteiger partial charge is 0.508 e. The van der Waals surface area contributed by atoms with Crippen LogP contribution in [-0.4, -0.2) is 53.7 Å². The molecule has 0 saturated heterocycles. The summed E-state index contributed by atoms with van der Waals surface area (Å²) in [5.74, 6) is 0.0433. The Labute approximate surface area is 239 Å². The van der Waals surface area contributed by atoms with Crippen LogP contribution in [0, 0.1) is 0 Å². The molecule has 1 aliphatic carbocycles. The van der Waals surface area contributed by atoms with Crippen molar-refractivity contribution < 1.29 is 24.9 Å². The van der Waals surface area contributed by atoms with Gasteiger partial charge in [-0.1, -0.05) is 50.3 Å². The zero-order valence-corrected chi connectivity index (χ0v) is 23.9. The van der Waals surface area contributed by atoms with Gasteiger partial charge in [-0.15, -0.1) is 0 Å². The third kappa shape index (κ3) is 12.3. The van der Waals surface area contributed by atoms with Crippen LogP contribution in [0.1, 0.15) is 93.4 Å². The summed E-state index contributed by atoms with van der Waals surface area (Å²) in [5, 5.41) is 38.5. The maximum Gasteiger partial charge on any atom is 0.319 e. The number of aromatic hydroxyl groups is 1. The number of unbranched alkanes of at least 4 members (excludes halogenated alkanes) is 4. The van der Waals surface area contributed by atoms with Gasteiger partial charge in [0.25, 0.3) is 0 Å². The quantitative estimate of drug-likeness (QED) is 0.134. The van der Waals surface area contributed by atoms with Gasteiger partial charge in [0.2, 0.25) is 0 Å². The van der Waals surface area contributed by atoms with Gasteiger partial charge < -0.3 is 36.0 Å². The van der Waals surface area contributed by atoms with Crippen LogP contribution in [0.2, 0.25) is 0 Å². The molecule has 0 spiro atoms. The van der Waals surface area contributed by atoms with E-state index in [0.717, 1.165) is 83.2 Å². The minimum Gasteiger partial charge on any atom is -0.508 e. The van der Waals surface area contributed by atoms with Crippen LogP contribution >= 0.6 is 0 Å². The molecule has 2 aromatic rings. The number of rotatable bonds is 18. The Morgan fingerprint density at radius 3 is 2.52 bits per heavy atom. The van der Waals surface area contributed by atoms with Gasteiger partial charge in [0.1, 0.15) is 5.75 Å². The van der Waals surface area contributed by atoms with Gasteiger partial charge in [-0.3, -0.25) is 0 Å². The van der Waals surface area contributed by atoms with E-state index in [-0.39, 0.29) is 18.4 Å². The van der Waals surface area contributed by atoms with E-state index >= 15 is 0 Å². The van der Waals surface area contributed by atoms with Crippen molar-refractivity contribution in [3.8, 4) is 5.75 Å². The predicted octanol–water partition coefficient (Wildman–Crippen LogP) is 5.56. The van der Waals surface area contributed by atoms with Gasteiger partial charge in [-0.05, 0) is 86.9 Å². The number of anilines is 1. The lowest BCUT2D eigenvalue weighted by Crippen LogP contribution is -2.39. The first-order valence-corrected chi connectivity index (χ1v) is 15.1. The number of carbonyl (C=O) groups excluding carboxylic acids is 1. The topological polar surface area (TPSA) is 123 Å². The number of hydrogen-bond acceptors (Lipinski definition) is 6. The number of urea groups is 1. The number of phenols is 1. The van der Waals surface area contributed by atoms with E-state index < -0.39 is 6.10 Å². The second-order valence-electron chi connectivity index (χ2n) is 10.9. The van der Waals surface area contributed by atoms with Crippen LogP contribution < -0.4 is 16.0 Å². The highest BCUT2D eigenvalue weighted by atomic mass is 16.5. The molecule has 8 nitrogen and oxygen atoms in total. The van der Waals surface area contributed by atoms with Crippen molar-refractivity contribution in [2.45, 2.75) is 95.8 Å². The molecule has 1 atom stereocenters. The van der Waals surface area contributed by atoms with Crippen LogP contribution in [-0.2, 0) is 17.8 Å². The minimum atomic E-state index is -0.669. The summed E-state index contributed by atoms with van der Waals surface area (Å²) in [6.07, 6.45) is 12.6. The van der Waals surface area contributed by atoms with Crippen molar-refractivity contribution >= 4 is 11.7 Å². The number of benzene rings is 2. The summed E-state index contributed by atoms with van der Waals surface area (Å²) in [6, 6.07) is 13.1. The smallest absolute Gasteiger partial charge is 0.319 e. The minimum absolute atomic E-state index is 0.0433. The number of hydrogen-bond donors (Lipinski definition) is 6. The van der Waals surface area contributed by atoms with E-state index in [2.05, 4.69) is 28.1 Å². The summed E-state index contributed by atoms with van der Waals surface area (Å²) in [5.41, 5.74) is 3.19. The predicted molar refractivity (Wildman–Crippen MR) is 160 cm³/mol. The van der Waals surface area contributed by atoms with Crippen molar-refractivity contribution in [1.82, 2.24) is 10.6 Å². The standard InChI is InChI=1S/C32H49N3O5/c36-24-27-22-26(16-17-30(27)37)31(38)23-33-18-7-1-2-8-19-40-20-9-6-11-25-12-10-15-29(21-25)35-32(39)34-28-13-4-3-5-14-28/h10,12,15-17,21-22,28,31,33,36-38H,1-9,11,13-14,18-20,23-24H2,(H2,34,35,39)/t31-/m0/s1. The Hall–Kier alpha value is -2.65. The average Bonchev–Trinajstić information content (AvgIpc) is 2.96. The Kier molecular flexibility index (Phi) is 14.9. The molecule has 0 bridgehead atoms. The maximum atomic E-state index is 12.3. The Bertz CT molecular complexity index is 996. The number of aliphatic hydroxyl groups is 2. The Morgan fingerprint density at radius 2 is 1.73 bits per heavy atom. The summed E-state index contributed by atoms with van der Waals surface area (Å²) in [6.45, 7) is 2.59. The lowest BCUT2D eigenvalue weighted by Gasteiger charge is -2.22. The maximum absolute atomic E-state index is 12.3. The molecule has 40 heavy (non-hydrogen) atoms. The molecule has 3 rings (SSSR count). The molecule has 1 aliphatic rings. The molecule has 0 unspecified atom stereocenters. The van der Waals surface area contributed by atoms with Crippen molar-refractivity contribution in [3.63, 3.8) is 0 Å². The first-order valence-electron chi connectivity index (χ1n) is 15.1. The molecule has 6 N–H and O–H groups in total. The number of nitrogens with one attached hydrogen (secondary N) is 3. The van der Waals surface area contributed by atoms with E-state index in [1.165, 1.54) is 30.9 Å². The van der Waals surface area contributed by atoms with Crippen LogP contribution in [0.25, 0.3) is 0 Å². The zero-order valence-electron chi connectivity index (χ0n) is 23.9. The molecule has 1 fully saturated rings. The van der Waals surface area contributed by atoms with Gasteiger partial charge >= 0.3 is 6.03 Å². The zero-order chi connectivity index (χ0) is 28.4. The van der Waals surface area contributed by atoms with Gasteiger partial charge in [-0.2, -0.15) is 0 Å². The van der Waals surface area contributed by atoms with Crippen molar-refractivity contribution in [1.29, 1.82) is 0 Å². The Balaban J connectivity index is 1.14. The summed E-state index contributed by atoms with van der Waals surface area (Å²) < 4.78 is 5.81. The van der Waals surface area contributed by atoms with Crippen LogP contribution in [0.15, 0.2) is 42.5 Å². The third-order valence-corrected chi connectivity index (χ3v) is 7.52. The SMILES string of the molecule is O=C(Nc1cccc(CCCCOCCCCCCNC[C@H](O)c2ccc(O)c(CO)c2)c1)NC1CCCCC1. The number of carbonyl (C=O) groups is 1. The second kappa shape index (κ2) is 18.7. The molecule has 222 valence electrons. The third-order valence-electron chi connectivity index (χ3n) is 7.52. The number of ether oxygens (including phenoxy) is 1. The monoisotopic (exact) mass is 555 g/mol. The fraction of sp³-hybridized carbons (Fsp3) is 0.594. The number of aryl methyl sites for hydroxylation is 1. The summed E-state index contributed by atoms with van der Waals surface area (Å²) >= 11 is 0. The number of amides is 2.